The van der Waals surface area contributed by atoms with Gasteiger partial charge < -0.3 is 9.47 Å². The molecule has 1 heterocycles. The maximum absolute atomic E-state index is 5.50. The number of halogens is 1. The van der Waals surface area contributed by atoms with Gasteiger partial charge in [0.05, 0.1) is 18.8 Å². The molecule has 2 rings (SSSR count). The molecule has 0 radical (unpaired) electrons. The lowest BCUT2D eigenvalue weighted by molar-refractivity contribution is 0.0442. The van der Waals surface area contributed by atoms with Crippen LogP contribution in [0.1, 0.15) is 12.8 Å². The molecular weight excluding hydrogens is 164 g/mol. The van der Waals surface area contributed by atoms with Crippen LogP contribution in [0, 0.1) is 5.92 Å². The van der Waals surface area contributed by atoms with Crippen molar-refractivity contribution in [2.45, 2.75) is 25.0 Å². The maximum Gasteiger partial charge on any atom is 0.0894 e. The highest BCUT2D eigenvalue weighted by Gasteiger charge is 2.53. The third-order valence-electron chi connectivity index (χ3n) is 2.41. The van der Waals surface area contributed by atoms with E-state index in [1.54, 1.807) is 0 Å². The van der Waals surface area contributed by atoms with Gasteiger partial charge in [-0.1, -0.05) is 0 Å². The molecular formula is C8H13ClO2. The van der Waals surface area contributed by atoms with Gasteiger partial charge in [-0.2, -0.15) is 0 Å². The predicted octanol–water partition coefficient (Wildman–Crippen LogP) is 1.42. The molecule has 0 amide bonds. The number of ether oxygens (including phenoxy) is 2. The first-order chi connectivity index (χ1) is 5.43. The molecule has 0 aromatic carbocycles. The Kier molecular flexibility index (Phi) is 2.35. The number of hydrogen-bond donors (Lipinski definition) is 0. The molecule has 0 bridgehead atoms. The van der Waals surface area contributed by atoms with E-state index in [1.165, 1.54) is 12.8 Å². The van der Waals surface area contributed by atoms with Crippen LogP contribution >= 0.6 is 11.6 Å². The van der Waals surface area contributed by atoms with Crippen LogP contribution in [-0.4, -0.2) is 31.3 Å². The van der Waals surface area contributed by atoms with Crippen molar-refractivity contribution in [1.82, 2.24) is 0 Å². The molecule has 64 valence electrons. The van der Waals surface area contributed by atoms with Crippen LogP contribution in [0.2, 0.25) is 0 Å². The van der Waals surface area contributed by atoms with Crippen molar-refractivity contribution >= 4 is 11.6 Å². The molecule has 0 aromatic heterocycles. The van der Waals surface area contributed by atoms with Crippen LogP contribution in [0.15, 0.2) is 0 Å². The zero-order valence-electron chi connectivity index (χ0n) is 6.46. The summed E-state index contributed by atoms with van der Waals surface area (Å²) in [4.78, 5) is 0. The lowest BCUT2D eigenvalue weighted by Gasteiger charge is -2.06. The van der Waals surface area contributed by atoms with Gasteiger partial charge in [-0.25, -0.2) is 0 Å². The second-order valence-corrected chi connectivity index (χ2v) is 3.54. The van der Waals surface area contributed by atoms with Gasteiger partial charge in [-0.15, -0.1) is 11.6 Å². The van der Waals surface area contributed by atoms with Crippen LogP contribution in [-0.2, 0) is 9.47 Å². The van der Waals surface area contributed by atoms with E-state index in [0.717, 1.165) is 6.61 Å². The van der Waals surface area contributed by atoms with Gasteiger partial charge in [0.25, 0.3) is 0 Å². The van der Waals surface area contributed by atoms with E-state index >= 15 is 0 Å². The lowest BCUT2D eigenvalue weighted by Crippen LogP contribution is -2.07. The third-order valence-corrected chi connectivity index (χ3v) is 2.56. The SMILES string of the molecule is ClCCO[C@H]1[C@H]2CCCO[C@H]21. The summed E-state index contributed by atoms with van der Waals surface area (Å²) in [5.41, 5.74) is 0. The Morgan fingerprint density at radius 2 is 2.45 bits per heavy atom. The van der Waals surface area contributed by atoms with Gasteiger partial charge in [-0.3, -0.25) is 0 Å². The van der Waals surface area contributed by atoms with Crippen LogP contribution in [0.4, 0.5) is 0 Å². The first kappa shape index (κ1) is 7.84. The summed E-state index contributed by atoms with van der Waals surface area (Å²) in [5, 5.41) is 0. The van der Waals surface area contributed by atoms with Crippen molar-refractivity contribution in [2.75, 3.05) is 19.1 Å². The molecule has 1 aliphatic carbocycles. The summed E-state index contributed by atoms with van der Waals surface area (Å²) in [6.07, 6.45) is 3.25. The average molecular weight is 177 g/mol. The van der Waals surface area contributed by atoms with Crippen molar-refractivity contribution in [3.8, 4) is 0 Å². The Morgan fingerprint density at radius 3 is 3.09 bits per heavy atom. The third kappa shape index (κ3) is 1.53. The fourth-order valence-electron chi connectivity index (χ4n) is 1.80. The first-order valence-corrected chi connectivity index (χ1v) is 4.76. The minimum Gasteiger partial charge on any atom is -0.375 e. The smallest absolute Gasteiger partial charge is 0.0894 e. The zero-order valence-corrected chi connectivity index (χ0v) is 7.22. The maximum atomic E-state index is 5.50. The van der Waals surface area contributed by atoms with Gasteiger partial charge >= 0.3 is 0 Å². The largest absolute Gasteiger partial charge is 0.375 e. The number of rotatable bonds is 3. The minimum absolute atomic E-state index is 0.372. The second kappa shape index (κ2) is 3.30. The monoisotopic (exact) mass is 176 g/mol. The van der Waals surface area contributed by atoms with Crippen molar-refractivity contribution in [1.29, 1.82) is 0 Å². The van der Waals surface area contributed by atoms with E-state index in [9.17, 15) is 0 Å². The van der Waals surface area contributed by atoms with Gasteiger partial charge in [0.1, 0.15) is 0 Å². The Bertz CT molecular complexity index is 128. The molecule has 0 N–H and O–H groups in total. The van der Waals surface area contributed by atoms with Crippen molar-refractivity contribution < 1.29 is 9.47 Å². The Hall–Kier alpha value is 0.210. The summed E-state index contributed by atoms with van der Waals surface area (Å²) in [6, 6.07) is 0. The van der Waals surface area contributed by atoms with Crippen molar-refractivity contribution in [2.24, 2.45) is 5.92 Å². The molecule has 1 saturated carbocycles. The molecule has 2 aliphatic rings. The van der Waals surface area contributed by atoms with Crippen LogP contribution in [0.3, 0.4) is 0 Å². The standard InChI is InChI=1S/C8H13ClO2/c9-3-5-11-8-6-2-1-4-10-7(6)8/h6-8H,1-5H2/t6-,7+,8-/m0/s1. The van der Waals surface area contributed by atoms with Crippen molar-refractivity contribution in [3.05, 3.63) is 0 Å². The quantitative estimate of drug-likeness (QED) is 0.606. The molecule has 0 aromatic rings. The molecule has 3 heteroatoms. The highest BCUT2D eigenvalue weighted by molar-refractivity contribution is 6.17. The van der Waals surface area contributed by atoms with Crippen LogP contribution < -0.4 is 0 Å². The Labute approximate surface area is 71.8 Å². The summed E-state index contributed by atoms with van der Waals surface area (Å²) in [6.45, 7) is 1.59. The second-order valence-electron chi connectivity index (χ2n) is 3.17. The highest BCUT2D eigenvalue weighted by atomic mass is 35.5. The van der Waals surface area contributed by atoms with E-state index in [2.05, 4.69) is 0 Å². The van der Waals surface area contributed by atoms with Gasteiger partial charge in [0.2, 0.25) is 0 Å². The summed E-state index contributed by atoms with van der Waals surface area (Å²) >= 11 is 5.50. The van der Waals surface area contributed by atoms with E-state index < -0.39 is 0 Å². The average Bonchev–Trinajstić information content (AvgIpc) is 2.75. The molecule has 1 aliphatic heterocycles. The number of alkyl halides is 1. The van der Waals surface area contributed by atoms with E-state index in [-0.39, 0.29) is 0 Å². The van der Waals surface area contributed by atoms with Gasteiger partial charge in [0, 0.05) is 18.4 Å². The molecule has 0 spiro atoms. The summed E-state index contributed by atoms with van der Waals surface area (Å²) in [7, 11) is 0. The van der Waals surface area contributed by atoms with Crippen LogP contribution in [0.5, 0.6) is 0 Å². The molecule has 0 unspecified atom stereocenters. The first-order valence-electron chi connectivity index (χ1n) is 4.22. The van der Waals surface area contributed by atoms with Crippen molar-refractivity contribution in [3.63, 3.8) is 0 Å². The number of fused-ring (bicyclic) bond motifs is 1. The molecule has 3 atom stereocenters. The summed E-state index contributed by atoms with van der Waals surface area (Å²) in [5.74, 6) is 1.28. The van der Waals surface area contributed by atoms with Crippen LogP contribution in [0.25, 0.3) is 0 Å². The van der Waals surface area contributed by atoms with Gasteiger partial charge in [-0.05, 0) is 12.8 Å². The molecule has 11 heavy (non-hydrogen) atoms. The minimum atomic E-state index is 0.372. The fraction of sp³-hybridized carbons (Fsp3) is 1.00. The molecule has 2 nitrogen and oxygen atoms in total. The normalized spacial score (nSPS) is 41.7. The van der Waals surface area contributed by atoms with E-state index in [1.807, 2.05) is 0 Å². The number of hydrogen-bond acceptors (Lipinski definition) is 2. The van der Waals surface area contributed by atoms with Gasteiger partial charge in [0.15, 0.2) is 0 Å². The topological polar surface area (TPSA) is 18.5 Å². The fourth-order valence-corrected chi connectivity index (χ4v) is 1.89. The highest BCUT2D eigenvalue weighted by Crippen LogP contribution is 2.43. The predicted molar refractivity (Wildman–Crippen MR) is 42.9 cm³/mol. The zero-order chi connectivity index (χ0) is 7.68. The lowest BCUT2D eigenvalue weighted by atomic mass is 10.2. The van der Waals surface area contributed by atoms with E-state index in [0.29, 0.717) is 30.6 Å². The Morgan fingerprint density at radius 1 is 1.55 bits per heavy atom. The van der Waals surface area contributed by atoms with E-state index in [4.69, 9.17) is 21.1 Å². The molecule has 1 saturated heterocycles. The molecule has 2 fully saturated rings. The summed E-state index contributed by atoms with van der Waals surface area (Å²) < 4.78 is 11.0. The Balaban J connectivity index is 1.72.